The molecule has 1 saturated heterocycles. The van der Waals surface area contributed by atoms with Crippen molar-refractivity contribution in [2.75, 3.05) is 20.1 Å². The fourth-order valence-corrected chi connectivity index (χ4v) is 1.92. The lowest BCUT2D eigenvalue weighted by atomic mass is 10.2. The number of halogens is 3. The van der Waals surface area contributed by atoms with Crippen molar-refractivity contribution in [1.82, 2.24) is 0 Å². The molecule has 1 fully saturated rings. The van der Waals surface area contributed by atoms with E-state index in [2.05, 4.69) is 0 Å². The van der Waals surface area contributed by atoms with E-state index < -0.39 is 12.7 Å². The van der Waals surface area contributed by atoms with Gasteiger partial charge >= 0.3 is 6.18 Å². The summed E-state index contributed by atoms with van der Waals surface area (Å²) in [7, 11) is 1.70. The molecule has 0 saturated carbocycles. The smallest absolute Gasteiger partial charge is 0.316 e. The van der Waals surface area contributed by atoms with Crippen molar-refractivity contribution in [3.8, 4) is 0 Å². The number of nitrogens with zero attached hydrogens (tertiary/aromatic N) is 1. The normalized spacial score (nSPS) is 37.2. The van der Waals surface area contributed by atoms with Gasteiger partial charge in [0.25, 0.3) is 0 Å². The van der Waals surface area contributed by atoms with E-state index in [1.807, 2.05) is 6.92 Å². The zero-order chi connectivity index (χ0) is 9.41. The van der Waals surface area contributed by atoms with Gasteiger partial charge in [0.1, 0.15) is 0 Å². The van der Waals surface area contributed by atoms with Gasteiger partial charge < -0.3 is 4.48 Å². The Labute approximate surface area is 70.8 Å². The molecular weight excluding hydrogens is 167 g/mol. The van der Waals surface area contributed by atoms with Gasteiger partial charge in [0.2, 0.25) is 0 Å². The van der Waals surface area contributed by atoms with Crippen LogP contribution in [0.25, 0.3) is 0 Å². The monoisotopic (exact) mass is 182 g/mol. The van der Waals surface area contributed by atoms with Crippen LogP contribution < -0.4 is 0 Å². The SMILES string of the molecule is CC1CCC[N+]1(C)CC(F)(F)F. The van der Waals surface area contributed by atoms with Crippen molar-refractivity contribution in [3.05, 3.63) is 0 Å². The second-order valence-electron chi connectivity index (χ2n) is 3.97. The Morgan fingerprint density at radius 2 is 2.00 bits per heavy atom. The number of rotatable bonds is 1. The van der Waals surface area contributed by atoms with Crippen LogP contribution in [0.3, 0.4) is 0 Å². The van der Waals surface area contributed by atoms with Crippen LogP contribution in [0.15, 0.2) is 0 Å². The Morgan fingerprint density at radius 1 is 1.42 bits per heavy atom. The van der Waals surface area contributed by atoms with Crippen LogP contribution in [0.4, 0.5) is 13.2 Å². The summed E-state index contributed by atoms with van der Waals surface area (Å²) in [4.78, 5) is 0. The van der Waals surface area contributed by atoms with Gasteiger partial charge in [0, 0.05) is 12.8 Å². The second-order valence-corrected chi connectivity index (χ2v) is 3.97. The Kier molecular flexibility index (Phi) is 2.38. The Hall–Kier alpha value is -0.250. The highest BCUT2D eigenvalue weighted by Gasteiger charge is 2.44. The molecule has 1 nitrogen and oxygen atoms in total. The molecule has 0 amide bonds. The third-order valence-corrected chi connectivity index (χ3v) is 2.90. The number of quaternary nitrogens is 1. The Bertz CT molecular complexity index is 166. The van der Waals surface area contributed by atoms with Crippen molar-refractivity contribution >= 4 is 0 Å². The topological polar surface area (TPSA) is 0 Å². The van der Waals surface area contributed by atoms with E-state index in [1.165, 1.54) is 0 Å². The highest BCUT2D eigenvalue weighted by atomic mass is 19.4. The molecule has 72 valence electrons. The van der Waals surface area contributed by atoms with Crippen LogP contribution in [0.1, 0.15) is 19.8 Å². The highest BCUT2D eigenvalue weighted by Crippen LogP contribution is 2.29. The van der Waals surface area contributed by atoms with Crippen molar-refractivity contribution in [2.45, 2.75) is 32.0 Å². The Balaban J connectivity index is 2.60. The first-order valence-electron chi connectivity index (χ1n) is 4.24. The third kappa shape index (κ3) is 2.12. The minimum absolute atomic E-state index is 0.159. The predicted octanol–water partition coefficient (Wildman–Crippen LogP) is 2.18. The van der Waals surface area contributed by atoms with Gasteiger partial charge in [-0.3, -0.25) is 0 Å². The van der Waals surface area contributed by atoms with Crippen LogP contribution in [0.2, 0.25) is 0 Å². The summed E-state index contributed by atoms with van der Waals surface area (Å²) in [6.45, 7) is 1.90. The summed E-state index contributed by atoms with van der Waals surface area (Å²) in [5, 5.41) is 0. The highest BCUT2D eigenvalue weighted by molar-refractivity contribution is 4.64. The zero-order valence-corrected chi connectivity index (χ0v) is 7.49. The lowest BCUT2D eigenvalue weighted by Gasteiger charge is -2.34. The lowest BCUT2D eigenvalue weighted by molar-refractivity contribution is -0.928. The molecule has 0 aromatic rings. The summed E-state index contributed by atoms with van der Waals surface area (Å²) >= 11 is 0. The molecule has 0 aliphatic carbocycles. The molecular formula is C8H15F3N+. The molecule has 0 aromatic heterocycles. The van der Waals surface area contributed by atoms with Crippen LogP contribution in [0, 0.1) is 0 Å². The average Bonchev–Trinajstić information content (AvgIpc) is 2.08. The molecule has 0 aromatic carbocycles. The zero-order valence-electron chi connectivity index (χ0n) is 7.49. The largest absolute Gasteiger partial charge is 0.438 e. The molecule has 4 heteroatoms. The fraction of sp³-hybridized carbons (Fsp3) is 1.00. The van der Waals surface area contributed by atoms with Crippen LogP contribution >= 0.6 is 0 Å². The van der Waals surface area contributed by atoms with Crippen molar-refractivity contribution in [1.29, 1.82) is 0 Å². The second kappa shape index (κ2) is 2.91. The molecule has 0 bridgehead atoms. The molecule has 12 heavy (non-hydrogen) atoms. The summed E-state index contributed by atoms with van der Waals surface area (Å²) < 4.78 is 36.5. The van der Waals surface area contributed by atoms with E-state index in [4.69, 9.17) is 0 Å². The maximum absolute atomic E-state index is 12.1. The van der Waals surface area contributed by atoms with E-state index in [0.29, 0.717) is 6.54 Å². The third-order valence-electron chi connectivity index (χ3n) is 2.90. The van der Waals surface area contributed by atoms with E-state index in [1.54, 1.807) is 7.05 Å². The van der Waals surface area contributed by atoms with Crippen LogP contribution in [-0.4, -0.2) is 36.8 Å². The molecule has 0 spiro atoms. The number of alkyl halides is 3. The van der Waals surface area contributed by atoms with Crippen molar-refractivity contribution < 1.29 is 17.7 Å². The molecule has 2 atom stereocenters. The standard InChI is InChI=1S/C8H15F3N/c1-7-4-3-5-12(7,2)6-8(9,10)11/h7H,3-6H2,1-2H3/q+1. The first kappa shape index (κ1) is 9.84. The molecule has 0 radical (unpaired) electrons. The van der Waals surface area contributed by atoms with E-state index in [0.717, 1.165) is 12.8 Å². The molecule has 1 rings (SSSR count). The number of hydrogen-bond donors (Lipinski definition) is 0. The van der Waals surface area contributed by atoms with Crippen molar-refractivity contribution in [3.63, 3.8) is 0 Å². The number of hydrogen-bond acceptors (Lipinski definition) is 0. The Morgan fingerprint density at radius 3 is 2.33 bits per heavy atom. The fourth-order valence-electron chi connectivity index (χ4n) is 1.92. The first-order valence-corrected chi connectivity index (χ1v) is 4.24. The van der Waals surface area contributed by atoms with Crippen LogP contribution in [0.5, 0.6) is 0 Å². The molecule has 1 aliphatic rings. The maximum atomic E-state index is 12.1. The van der Waals surface area contributed by atoms with E-state index >= 15 is 0 Å². The van der Waals surface area contributed by atoms with Gasteiger partial charge in [-0.05, 0) is 6.92 Å². The first-order chi connectivity index (χ1) is 5.33. The molecule has 2 unspecified atom stereocenters. The molecule has 0 N–H and O–H groups in total. The van der Waals surface area contributed by atoms with Gasteiger partial charge in [-0.2, -0.15) is 13.2 Å². The molecule has 1 heterocycles. The number of likely N-dealkylation sites (tertiary alicyclic amines) is 1. The lowest BCUT2D eigenvalue weighted by Crippen LogP contribution is -2.52. The van der Waals surface area contributed by atoms with Gasteiger partial charge in [-0.25, -0.2) is 0 Å². The summed E-state index contributed by atoms with van der Waals surface area (Å²) in [5.74, 6) is 0. The molecule has 1 aliphatic heterocycles. The van der Waals surface area contributed by atoms with Crippen molar-refractivity contribution in [2.24, 2.45) is 0 Å². The van der Waals surface area contributed by atoms with Gasteiger partial charge in [-0.15, -0.1) is 0 Å². The van der Waals surface area contributed by atoms with E-state index in [9.17, 15) is 13.2 Å². The maximum Gasteiger partial charge on any atom is 0.438 e. The minimum atomic E-state index is -4.02. The summed E-state index contributed by atoms with van der Waals surface area (Å²) in [6.07, 6.45) is -2.17. The van der Waals surface area contributed by atoms with Crippen LogP contribution in [-0.2, 0) is 0 Å². The average molecular weight is 182 g/mol. The summed E-state index contributed by atoms with van der Waals surface area (Å²) in [6, 6.07) is 0.159. The quantitative estimate of drug-likeness (QED) is 0.545. The van der Waals surface area contributed by atoms with E-state index in [-0.39, 0.29) is 10.5 Å². The summed E-state index contributed by atoms with van der Waals surface area (Å²) in [5.41, 5.74) is 0. The minimum Gasteiger partial charge on any atom is -0.316 e. The van der Waals surface area contributed by atoms with Gasteiger partial charge in [-0.1, -0.05) is 0 Å². The van der Waals surface area contributed by atoms with Gasteiger partial charge in [0.15, 0.2) is 6.54 Å². The van der Waals surface area contributed by atoms with Gasteiger partial charge in [0.05, 0.1) is 19.6 Å². The predicted molar refractivity (Wildman–Crippen MR) is 40.7 cm³/mol.